The summed E-state index contributed by atoms with van der Waals surface area (Å²) in [5.74, 6) is -1.000. The number of aromatic nitrogens is 3. The van der Waals surface area contributed by atoms with Crippen LogP contribution in [0.25, 0.3) is 5.69 Å². The van der Waals surface area contributed by atoms with Gasteiger partial charge in [0.1, 0.15) is 0 Å². The molecule has 1 heterocycles. The topological polar surface area (TPSA) is 68.0 Å². The molecule has 0 unspecified atom stereocenters. The molecule has 0 aliphatic carbocycles. The smallest absolute Gasteiger partial charge is 0.309 e. The lowest BCUT2D eigenvalue weighted by molar-refractivity contribution is -0.136. The van der Waals surface area contributed by atoms with E-state index in [1.54, 1.807) is 12.1 Å². The largest absolute Gasteiger partial charge is 0.481 e. The number of carbonyl (C=O) groups is 1. The Balaban J connectivity index is 2.57. The molecule has 0 saturated heterocycles. The maximum absolute atomic E-state index is 10.8. The summed E-state index contributed by atoms with van der Waals surface area (Å²) in [6.45, 7) is 1.87. The van der Waals surface area contributed by atoms with E-state index in [0.717, 1.165) is 5.56 Å². The molecule has 1 aromatic carbocycles. The van der Waals surface area contributed by atoms with Gasteiger partial charge in [0, 0.05) is 5.02 Å². The van der Waals surface area contributed by atoms with Crippen molar-refractivity contribution in [2.75, 3.05) is 0 Å². The number of carboxylic acid groups (broad SMARTS) is 1. The molecule has 5 nitrogen and oxygen atoms in total. The van der Waals surface area contributed by atoms with Crippen LogP contribution < -0.4 is 0 Å². The molecule has 0 atom stereocenters. The monoisotopic (exact) mass is 285 g/mol. The summed E-state index contributed by atoms with van der Waals surface area (Å²) in [6, 6.07) is 5.25. The van der Waals surface area contributed by atoms with Gasteiger partial charge in [0.05, 0.1) is 17.8 Å². The van der Waals surface area contributed by atoms with Crippen LogP contribution in [0, 0.1) is 6.92 Å². The first kappa shape index (κ1) is 12.9. The van der Waals surface area contributed by atoms with Crippen LogP contribution >= 0.6 is 23.2 Å². The van der Waals surface area contributed by atoms with Crippen molar-refractivity contribution >= 4 is 29.2 Å². The van der Waals surface area contributed by atoms with Crippen LogP contribution in [-0.4, -0.2) is 26.1 Å². The van der Waals surface area contributed by atoms with Gasteiger partial charge in [0.25, 0.3) is 0 Å². The average molecular weight is 286 g/mol. The summed E-state index contributed by atoms with van der Waals surface area (Å²) in [7, 11) is 0. The second kappa shape index (κ2) is 4.96. The molecule has 0 bridgehead atoms. The number of halogens is 2. The van der Waals surface area contributed by atoms with Gasteiger partial charge >= 0.3 is 5.97 Å². The Labute approximate surface area is 113 Å². The van der Waals surface area contributed by atoms with Crippen LogP contribution in [-0.2, 0) is 11.2 Å². The van der Waals surface area contributed by atoms with E-state index in [1.807, 2.05) is 13.0 Å². The molecule has 0 aliphatic heterocycles. The zero-order valence-electron chi connectivity index (χ0n) is 9.39. The van der Waals surface area contributed by atoms with Gasteiger partial charge in [0.15, 0.2) is 5.15 Å². The number of hydrogen-bond donors (Lipinski definition) is 1. The van der Waals surface area contributed by atoms with Crippen molar-refractivity contribution < 1.29 is 9.90 Å². The van der Waals surface area contributed by atoms with Gasteiger partial charge in [-0.3, -0.25) is 4.79 Å². The van der Waals surface area contributed by atoms with Gasteiger partial charge in [-0.05, 0) is 24.6 Å². The summed E-state index contributed by atoms with van der Waals surface area (Å²) in [4.78, 5) is 10.8. The summed E-state index contributed by atoms with van der Waals surface area (Å²) in [5, 5.41) is 17.0. The molecule has 7 heteroatoms. The van der Waals surface area contributed by atoms with E-state index in [-0.39, 0.29) is 11.6 Å². The number of rotatable bonds is 3. The van der Waals surface area contributed by atoms with Gasteiger partial charge in [0.2, 0.25) is 0 Å². The zero-order chi connectivity index (χ0) is 13.3. The fraction of sp³-hybridized carbons (Fsp3) is 0.182. The molecule has 1 N–H and O–H groups in total. The van der Waals surface area contributed by atoms with Crippen LogP contribution in [0.4, 0.5) is 0 Å². The third-order valence-corrected chi connectivity index (χ3v) is 2.96. The van der Waals surface area contributed by atoms with Crippen LogP contribution in [0.5, 0.6) is 0 Å². The highest BCUT2D eigenvalue weighted by atomic mass is 35.5. The molecule has 0 amide bonds. The number of carboxylic acids is 1. The van der Waals surface area contributed by atoms with Crippen molar-refractivity contribution in [2.24, 2.45) is 0 Å². The van der Waals surface area contributed by atoms with Crippen LogP contribution in [0.1, 0.15) is 11.3 Å². The molecule has 1 aromatic heterocycles. The second-order valence-corrected chi connectivity index (χ2v) is 4.53. The van der Waals surface area contributed by atoms with Crippen molar-refractivity contribution in [3.05, 3.63) is 39.6 Å². The summed E-state index contributed by atoms with van der Waals surface area (Å²) in [5.41, 5.74) is 1.89. The highest BCUT2D eigenvalue weighted by Crippen LogP contribution is 2.23. The highest BCUT2D eigenvalue weighted by Gasteiger charge is 2.17. The molecule has 18 heavy (non-hydrogen) atoms. The number of aliphatic carboxylic acids is 1. The number of aryl methyl sites for hydroxylation is 1. The maximum atomic E-state index is 10.8. The van der Waals surface area contributed by atoms with Crippen molar-refractivity contribution in [3.63, 3.8) is 0 Å². The lowest BCUT2D eigenvalue weighted by Crippen LogP contribution is -2.09. The zero-order valence-corrected chi connectivity index (χ0v) is 10.9. The number of nitrogens with zero attached hydrogens (tertiary/aromatic N) is 3. The van der Waals surface area contributed by atoms with E-state index < -0.39 is 5.97 Å². The van der Waals surface area contributed by atoms with E-state index in [2.05, 4.69) is 10.3 Å². The van der Waals surface area contributed by atoms with Crippen LogP contribution in [0.15, 0.2) is 18.2 Å². The first-order valence-corrected chi connectivity index (χ1v) is 5.83. The number of hydrogen-bond acceptors (Lipinski definition) is 3. The Morgan fingerprint density at radius 3 is 2.83 bits per heavy atom. The Kier molecular flexibility index (Phi) is 3.54. The Morgan fingerprint density at radius 1 is 1.44 bits per heavy atom. The van der Waals surface area contributed by atoms with Crippen molar-refractivity contribution in [1.82, 2.24) is 15.0 Å². The van der Waals surface area contributed by atoms with Crippen LogP contribution in [0.2, 0.25) is 10.2 Å². The predicted molar refractivity (Wildman–Crippen MR) is 67.5 cm³/mol. The fourth-order valence-electron chi connectivity index (χ4n) is 1.58. The molecule has 0 radical (unpaired) electrons. The Morgan fingerprint density at radius 2 is 2.17 bits per heavy atom. The minimum absolute atomic E-state index is 0.0803. The standard InChI is InChI=1S/C11H9Cl2N3O2/c1-6-2-3-7(12)4-8(6)16-9(5-10(17)18)11(13)14-15-16/h2-4H,5H2,1H3,(H,17,18). The summed E-state index contributed by atoms with van der Waals surface area (Å²) >= 11 is 11.8. The third kappa shape index (κ3) is 2.47. The molecule has 94 valence electrons. The van der Waals surface area contributed by atoms with Gasteiger partial charge in [-0.25, -0.2) is 4.68 Å². The quantitative estimate of drug-likeness (QED) is 0.941. The number of benzene rings is 1. The third-order valence-electron chi connectivity index (χ3n) is 2.43. The predicted octanol–water partition coefficient (Wildman–Crippen LogP) is 2.51. The molecule has 0 spiro atoms. The lowest BCUT2D eigenvalue weighted by Gasteiger charge is -2.08. The molecule has 0 aliphatic rings. The molecule has 0 fully saturated rings. The van der Waals surface area contributed by atoms with Gasteiger partial charge in [-0.15, -0.1) is 5.10 Å². The molecular formula is C11H9Cl2N3O2. The highest BCUT2D eigenvalue weighted by molar-refractivity contribution is 6.31. The van der Waals surface area contributed by atoms with Crippen molar-refractivity contribution in [2.45, 2.75) is 13.3 Å². The van der Waals surface area contributed by atoms with Gasteiger partial charge < -0.3 is 5.11 Å². The lowest BCUT2D eigenvalue weighted by atomic mass is 10.2. The Bertz CT molecular complexity index is 610. The molecular weight excluding hydrogens is 277 g/mol. The first-order chi connectivity index (χ1) is 8.49. The van der Waals surface area contributed by atoms with E-state index in [0.29, 0.717) is 16.4 Å². The maximum Gasteiger partial charge on any atom is 0.309 e. The Hall–Kier alpha value is -1.59. The molecule has 0 saturated carbocycles. The fourth-order valence-corrected chi connectivity index (χ4v) is 1.93. The summed E-state index contributed by atoms with van der Waals surface area (Å²) in [6.07, 6.45) is -0.252. The van der Waals surface area contributed by atoms with Gasteiger partial charge in [-0.1, -0.05) is 34.5 Å². The first-order valence-electron chi connectivity index (χ1n) is 5.07. The van der Waals surface area contributed by atoms with E-state index in [1.165, 1.54) is 4.68 Å². The van der Waals surface area contributed by atoms with Crippen molar-refractivity contribution in [1.29, 1.82) is 0 Å². The molecule has 2 rings (SSSR count). The molecule has 2 aromatic rings. The van der Waals surface area contributed by atoms with E-state index in [9.17, 15) is 4.79 Å². The van der Waals surface area contributed by atoms with Crippen LogP contribution in [0.3, 0.4) is 0 Å². The minimum atomic E-state index is -1.000. The van der Waals surface area contributed by atoms with Crippen molar-refractivity contribution in [3.8, 4) is 5.69 Å². The van der Waals surface area contributed by atoms with Gasteiger partial charge in [-0.2, -0.15) is 0 Å². The normalized spacial score (nSPS) is 10.6. The second-order valence-electron chi connectivity index (χ2n) is 3.74. The summed E-state index contributed by atoms with van der Waals surface area (Å²) < 4.78 is 1.40. The SMILES string of the molecule is Cc1ccc(Cl)cc1-n1nnc(Cl)c1CC(=O)O. The minimum Gasteiger partial charge on any atom is -0.481 e. The average Bonchev–Trinajstić information content (AvgIpc) is 2.64. The van der Waals surface area contributed by atoms with E-state index in [4.69, 9.17) is 28.3 Å². The van der Waals surface area contributed by atoms with E-state index >= 15 is 0 Å².